The number of hydrogen-bond acceptors (Lipinski definition) is 5. The van der Waals surface area contributed by atoms with Gasteiger partial charge in [-0.1, -0.05) is 33.8 Å². The predicted octanol–water partition coefficient (Wildman–Crippen LogP) is 4.63. The average Bonchev–Trinajstić information content (AvgIpc) is 3.30. The standard InChI is InChI=1S/C20H24N4O2S/c1-13(2)12-26-20-22-18(17-6-5-11-27-17)24(23-20)16-9-7-15(8-10-16)21-19(25)14(3)4/h5-11,13-14H,12H2,1-4H3,(H,21,25). The lowest BCUT2D eigenvalue weighted by Gasteiger charge is -2.09. The Morgan fingerprint density at radius 2 is 1.93 bits per heavy atom. The maximum Gasteiger partial charge on any atom is 0.336 e. The molecule has 27 heavy (non-hydrogen) atoms. The van der Waals surface area contributed by atoms with Crippen LogP contribution in [0.4, 0.5) is 5.69 Å². The highest BCUT2D eigenvalue weighted by atomic mass is 32.1. The summed E-state index contributed by atoms with van der Waals surface area (Å²) in [4.78, 5) is 17.4. The number of nitrogens with one attached hydrogen (secondary N) is 1. The number of anilines is 1. The summed E-state index contributed by atoms with van der Waals surface area (Å²) in [6, 6.07) is 11.9. The van der Waals surface area contributed by atoms with Gasteiger partial charge in [0.25, 0.3) is 0 Å². The minimum Gasteiger partial charge on any atom is -0.462 e. The third-order valence-electron chi connectivity index (χ3n) is 3.78. The molecule has 2 heterocycles. The maximum absolute atomic E-state index is 11.9. The molecule has 0 saturated carbocycles. The number of carbonyl (C=O) groups excluding carboxylic acids is 1. The molecule has 0 radical (unpaired) electrons. The molecular weight excluding hydrogens is 360 g/mol. The Hall–Kier alpha value is -2.67. The fraction of sp³-hybridized carbons (Fsp3) is 0.350. The van der Waals surface area contributed by atoms with Crippen LogP contribution in [-0.2, 0) is 4.79 Å². The largest absolute Gasteiger partial charge is 0.462 e. The lowest BCUT2D eigenvalue weighted by molar-refractivity contribution is -0.118. The van der Waals surface area contributed by atoms with E-state index in [4.69, 9.17) is 4.74 Å². The molecule has 0 fully saturated rings. The lowest BCUT2D eigenvalue weighted by atomic mass is 10.2. The van der Waals surface area contributed by atoms with E-state index in [1.807, 2.05) is 55.6 Å². The van der Waals surface area contributed by atoms with Gasteiger partial charge in [-0.15, -0.1) is 16.4 Å². The van der Waals surface area contributed by atoms with Gasteiger partial charge in [0.15, 0.2) is 5.82 Å². The summed E-state index contributed by atoms with van der Waals surface area (Å²) in [5.74, 6) is 1.06. The van der Waals surface area contributed by atoms with E-state index in [-0.39, 0.29) is 11.8 Å². The van der Waals surface area contributed by atoms with Gasteiger partial charge in [-0.2, -0.15) is 4.98 Å². The van der Waals surface area contributed by atoms with E-state index >= 15 is 0 Å². The van der Waals surface area contributed by atoms with Crippen molar-refractivity contribution in [2.45, 2.75) is 27.7 Å². The minimum absolute atomic E-state index is 0.00727. The molecule has 3 rings (SSSR count). The number of nitrogens with zero attached hydrogens (tertiary/aromatic N) is 3. The molecule has 0 aliphatic heterocycles. The van der Waals surface area contributed by atoms with Crippen molar-refractivity contribution in [3.63, 3.8) is 0 Å². The Morgan fingerprint density at radius 3 is 2.52 bits per heavy atom. The molecule has 1 amide bonds. The lowest BCUT2D eigenvalue weighted by Crippen LogP contribution is -2.17. The second-order valence-electron chi connectivity index (χ2n) is 7.00. The van der Waals surface area contributed by atoms with Gasteiger partial charge in [-0.05, 0) is 41.6 Å². The molecule has 1 N–H and O–H groups in total. The van der Waals surface area contributed by atoms with E-state index in [1.165, 1.54) is 0 Å². The third kappa shape index (κ3) is 4.74. The molecule has 0 atom stereocenters. The van der Waals surface area contributed by atoms with Crippen LogP contribution in [-0.4, -0.2) is 27.3 Å². The Morgan fingerprint density at radius 1 is 1.19 bits per heavy atom. The molecule has 0 saturated heterocycles. The van der Waals surface area contributed by atoms with Crippen molar-refractivity contribution in [2.75, 3.05) is 11.9 Å². The van der Waals surface area contributed by atoms with E-state index in [9.17, 15) is 4.79 Å². The van der Waals surface area contributed by atoms with Crippen LogP contribution >= 0.6 is 11.3 Å². The van der Waals surface area contributed by atoms with Gasteiger partial charge in [-0.25, -0.2) is 4.68 Å². The first-order valence-electron chi connectivity index (χ1n) is 8.99. The SMILES string of the molecule is CC(C)COc1nc(-c2cccs2)n(-c2ccc(NC(=O)C(C)C)cc2)n1. The van der Waals surface area contributed by atoms with Crippen molar-refractivity contribution < 1.29 is 9.53 Å². The molecule has 3 aromatic rings. The molecular formula is C20H24N4O2S. The molecule has 1 aromatic carbocycles. The number of carbonyl (C=O) groups is 1. The zero-order valence-electron chi connectivity index (χ0n) is 16.0. The highest BCUT2D eigenvalue weighted by Crippen LogP contribution is 2.28. The Labute approximate surface area is 163 Å². The van der Waals surface area contributed by atoms with Crippen molar-refractivity contribution in [1.82, 2.24) is 14.8 Å². The summed E-state index contributed by atoms with van der Waals surface area (Å²) in [5.41, 5.74) is 1.61. The summed E-state index contributed by atoms with van der Waals surface area (Å²) >= 11 is 1.60. The van der Waals surface area contributed by atoms with E-state index in [2.05, 4.69) is 29.2 Å². The zero-order chi connectivity index (χ0) is 19.4. The average molecular weight is 385 g/mol. The number of hydrogen-bond donors (Lipinski definition) is 1. The van der Waals surface area contributed by atoms with Crippen molar-refractivity contribution in [3.8, 4) is 22.4 Å². The normalized spacial score (nSPS) is 11.2. The molecule has 0 aliphatic rings. The highest BCUT2D eigenvalue weighted by molar-refractivity contribution is 7.13. The summed E-state index contributed by atoms with van der Waals surface area (Å²) < 4.78 is 7.49. The van der Waals surface area contributed by atoms with Crippen LogP contribution in [0.25, 0.3) is 16.4 Å². The molecule has 142 valence electrons. The third-order valence-corrected chi connectivity index (χ3v) is 4.64. The second kappa shape index (κ2) is 8.35. The van der Waals surface area contributed by atoms with Gasteiger partial charge >= 0.3 is 6.01 Å². The molecule has 0 spiro atoms. The van der Waals surface area contributed by atoms with Gasteiger partial charge in [0.1, 0.15) is 0 Å². The predicted molar refractivity (Wildman–Crippen MR) is 108 cm³/mol. The van der Waals surface area contributed by atoms with Crippen molar-refractivity contribution in [3.05, 3.63) is 41.8 Å². The van der Waals surface area contributed by atoms with Gasteiger partial charge < -0.3 is 10.1 Å². The summed E-state index contributed by atoms with van der Waals surface area (Å²) in [6.45, 7) is 8.47. The van der Waals surface area contributed by atoms with Gasteiger partial charge in [-0.3, -0.25) is 4.79 Å². The number of rotatable bonds is 7. The first-order chi connectivity index (χ1) is 12.9. The van der Waals surface area contributed by atoms with E-state index in [0.717, 1.165) is 22.1 Å². The Balaban J connectivity index is 1.89. The minimum atomic E-state index is -0.0638. The summed E-state index contributed by atoms with van der Waals surface area (Å²) in [6.07, 6.45) is 0. The van der Waals surface area contributed by atoms with E-state index < -0.39 is 0 Å². The first kappa shape index (κ1) is 19.1. The smallest absolute Gasteiger partial charge is 0.336 e. The van der Waals surface area contributed by atoms with Crippen LogP contribution < -0.4 is 10.1 Å². The van der Waals surface area contributed by atoms with Crippen molar-refractivity contribution in [1.29, 1.82) is 0 Å². The van der Waals surface area contributed by atoms with Crippen molar-refractivity contribution >= 4 is 22.9 Å². The monoisotopic (exact) mass is 384 g/mol. The number of benzene rings is 1. The van der Waals surface area contributed by atoms with Crippen LogP contribution in [0, 0.1) is 11.8 Å². The van der Waals surface area contributed by atoms with Gasteiger partial charge in [0.05, 0.1) is 17.2 Å². The summed E-state index contributed by atoms with van der Waals surface area (Å²) in [7, 11) is 0. The van der Waals surface area contributed by atoms with Crippen LogP contribution in [0.2, 0.25) is 0 Å². The van der Waals surface area contributed by atoms with Crippen LogP contribution in [0.5, 0.6) is 6.01 Å². The Kier molecular flexibility index (Phi) is 5.91. The van der Waals surface area contributed by atoms with Crippen LogP contribution in [0.3, 0.4) is 0 Å². The van der Waals surface area contributed by atoms with Crippen LogP contribution in [0.1, 0.15) is 27.7 Å². The van der Waals surface area contributed by atoms with E-state index in [0.29, 0.717) is 18.5 Å². The van der Waals surface area contributed by atoms with Gasteiger partial charge in [0, 0.05) is 11.6 Å². The molecule has 0 bridgehead atoms. The molecule has 0 unspecified atom stereocenters. The first-order valence-corrected chi connectivity index (χ1v) is 9.87. The maximum atomic E-state index is 11.9. The Bertz CT molecular complexity index is 883. The molecule has 7 heteroatoms. The number of amides is 1. The zero-order valence-corrected chi connectivity index (χ0v) is 16.8. The van der Waals surface area contributed by atoms with E-state index in [1.54, 1.807) is 16.0 Å². The van der Waals surface area contributed by atoms with Crippen LogP contribution in [0.15, 0.2) is 41.8 Å². The molecule has 6 nitrogen and oxygen atoms in total. The fourth-order valence-electron chi connectivity index (χ4n) is 2.31. The number of ether oxygens (including phenoxy) is 1. The number of aromatic nitrogens is 3. The number of thiophene rings is 1. The second-order valence-corrected chi connectivity index (χ2v) is 7.95. The molecule has 0 aliphatic carbocycles. The molecule has 2 aromatic heterocycles. The topological polar surface area (TPSA) is 69.0 Å². The fourth-order valence-corrected chi connectivity index (χ4v) is 3.01. The highest BCUT2D eigenvalue weighted by Gasteiger charge is 2.16. The van der Waals surface area contributed by atoms with Crippen molar-refractivity contribution in [2.24, 2.45) is 11.8 Å². The van der Waals surface area contributed by atoms with Gasteiger partial charge in [0.2, 0.25) is 5.91 Å². The quantitative estimate of drug-likeness (QED) is 0.645. The summed E-state index contributed by atoms with van der Waals surface area (Å²) in [5, 5.41) is 9.43.